The van der Waals surface area contributed by atoms with Crippen LogP contribution in [0.1, 0.15) is 26.7 Å². The van der Waals surface area contributed by atoms with E-state index in [2.05, 4.69) is 0 Å². The van der Waals surface area contributed by atoms with Gasteiger partial charge in [0.2, 0.25) is 0 Å². The van der Waals surface area contributed by atoms with Crippen LogP contribution in [0.4, 0.5) is 0 Å². The predicted octanol–water partition coefficient (Wildman–Crippen LogP) is 0.673. The molecule has 0 aromatic rings. The Hall–Kier alpha value is -1.32. The Morgan fingerprint density at radius 3 is 2.38 bits per heavy atom. The number of hydrogen-bond donors (Lipinski definition) is 2. The lowest BCUT2D eigenvalue weighted by atomic mass is 9.76. The van der Waals surface area contributed by atoms with Gasteiger partial charge in [-0.2, -0.15) is 0 Å². The highest BCUT2D eigenvalue weighted by molar-refractivity contribution is 6.19. The van der Waals surface area contributed by atoms with E-state index in [1.165, 1.54) is 0 Å². The van der Waals surface area contributed by atoms with Gasteiger partial charge in [-0.15, -0.1) is 0 Å². The first kappa shape index (κ1) is 9.77. The van der Waals surface area contributed by atoms with Crippen LogP contribution in [-0.2, 0) is 9.59 Å². The Morgan fingerprint density at radius 2 is 2.00 bits per heavy atom. The molecule has 13 heavy (non-hydrogen) atoms. The highest BCUT2D eigenvalue weighted by atomic mass is 16.3. The Bertz CT molecular complexity index is 302. The summed E-state index contributed by atoms with van der Waals surface area (Å²) in [4.78, 5) is 22.1. The fraction of sp³-hybridized carbons (Fsp3) is 0.556. The van der Waals surface area contributed by atoms with E-state index in [1.54, 1.807) is 0 Å². The van der Waals surface area contributed by atoms with Crippen LogP contribution >= 0.6 is 0 Å². The van der Waals surface area contributed by atoms with Crippen LogP contribution in [0.3, 0.4) is 0 Å². The van der Waals surface area contributed by atoms with Crippen molar-refractivity contribution < 1.29 is 14.7 Å². The number of carbonyl (C=O) groups is 2. The van der Waals surface area contributed by atoms with Gasteiger partial charge in [0.25, 0.3) is 5.91 Å². The molecule has 0 radical (unpaired) electrons. The maximum Gasteiger partial charge on any atom is 0.255 e. The number of allylic oxidation sites excluding steroid dienone is 1. The lowest BCUT2D eigenvalue weighted by Gasteiger charge is -2.28. The second kappa shape index (κ2) is 2.87. The third kappa shape index (κ3) is 1.88. The van der Waals surface area contributed by atoms with Crippen molar-refractivity contribution >= 4 is 11.7 Å². The van der Waals surface area contributed by atoms with Crippen molar-refractivity contribution in [3.8, 4) is 0 Å². The largest absolute Gasteiger partial charge is 0.511 e. The van der Waals surface area contributed by atoms with Gasteiger partial charge < -0.3 is 10.8 Å². The maximum absolute atomic E-state index is 11.3. The van der Waals surface area contributed by atoms with E-state index in [4.69, 9.17) is 5.73 Å². The zero-order valence-electron chi connectivity index (χ0n) is 7.76. The van der Waals surface area contributed by atoms with Gasteiger partial charge in [0.1, 0.15) is 11.3 Å². The number of amides is 1. The fourth-order valence-electron chi connectivity index (χ4n) is 1.57. The van der Waals surface area contributed by atoms with E-state index < -0.39 is 5.91 Å². The van der Waals surface area contributed by atoms with Crippen LogP contribution in [-0.4, -0.2) is 16.8 Å². The fourth-order valence-corrected chi connectivity index (χ4v) is 1.57. The van der Waals surface area contributed by atoms with E-state index in [0.717, 1.165) is 0 Å². The van der Waals surface area contributed by atoms with E-state index in [9.17, 15) is 14.7 Å². The van der Waals surface area contributed by atoms with Gasteiger partial charge in [-0.25, -0.2) is 0 Å². The summed E-state index contributed by atoms with van der Waals surface area (Å²) in [5.41, 5.74) is 4.46. The molecule has 1 amide bonds. The molecule has 4 nitrogen and oxygen atoms in total. The van der Waals surface area contributed by atoms with Crippen molar-refractivity contribution in [3.63, 3.8) is 0 Å². The van der Waals surface area contributed by atoms with E-state index in [0.29, 0.717) is 6.42 Å². The highest BCUT2D eigenvalue weighted by Gasteiger charge is 2.35. The third-order valence-electron chi connectivity index (χ3n) is 2.10. The molecule has 0 aromatic heterocycles. The molecule has 0 aliphatic heterocycles. The van der Waals surface area contributed by atoms with Gasteiger partial charge in [0.05, 0.1) is 0 Å². The monoisotopic (exact) mass is 183 g/mol. The lowest BCUT2D eigenvalue weighted by molar-refractivity contribution is -0.123. The number of primary amides is 1. The molecule has 1 rings (SSSR count). The lowest BCUT2D eigenvalue weighted by Crippen LogP contribution is -2.32. The van der Waals surface area contributed by atoms with Crippen molar-refractivity contribution in [1.82, 2.24) is 0 Å². The first-order chi connectivity index (χ1) is 5.83. The molecule has 72 valence electrons. The van der Waals surface area contributed by atoms with Gasteiger partial charge in [0.15, 0.2) is 5.78 Å². The van der Waals surface area contributed by atoms with E-state index in [1.807, 2.05) is 13.8 Å². The molecule has 0 unspecified atom stereocenters. The van der Waals surface area contributed by atoms with Crippen molar-refractivity contribution in [2.45, 2.75) is 26.7 Å². The zero-order valence-corrected chi connectivity index (χ0v) is 7.76. The molecule has 0 saturated carbocycles. The first-order valence-electron chi connectivity index (χ1n) is 4.08. The predicted molar refractivity (Wildman–Crippen MR) is 46.9 cm³/mol. The summed E-state index contributed by atoms with van der Waals surface area (Å²) in [5, 5.41) is 9.40. The minimum atomic E-state index is -0.835. The van der Waals surface area contributed by atoms with Crippen molar-refractivity contribution in [2.24, 2.45) is 11.1 Å². The molecule has 0 fully saturated rings. The van der Waals surface area contributed by atoms with E-state index in [-0.39, 0.29) is 29.0 Å². The Balaban J connectivity index is 3.09. The van der Waals surface area contributed by atoms with Gasteiger partial charge >= 0.3 is 0 Å². The van der Waals surface area contributed by atoms with Crippen LogP contribution in [0, 0.1) is 5.41 Å². The number of nitrogens with two attached hydrogens (primary N) is 1. The third-order valence-corrected chi connectivity index (χ3v) is 2.10. The normalized spacial score (nSPS) is 21.8. The average molecular weight is 183 g/mol. The summed E-state index contributed by atoms with van der Waals surface area (Å²) in [5.74, 6) is -1.37. The number of carbonyl (C=O) groups excluding carboxylic acids is 2. The average Bonchev–Trinajstić information content (AvgIpc) is 1.78. The second-order valence-corrected chi connectivity index (χ2v) is 4.13. The summed E-state index contributed by atoms with van der Waals surface area (Å²) >= 11 is 0. The van der Waals surface area contributed by atoms with Gasteiger partial charge in [0, 0.05) is 12.8 Å². The SMILES string of the molecule is CC1(C)CC(=O)C(C(N)=O)=C(O)C1. The summed E-state index contributed by atoms with van der Waals surface area (Å²) < 4.78 is 0. The number of aliphatic hydroxyl groups is 1. The summed E-state index contributed by atoms with van der Waals surface area (Å²) in [7, 11) is 0. The molecule has 0 heterocycles. The molecular formula is C9H13NO3. The molecule has 3 N–H and O–H groups in total. The van der Waals surface area contributed by atoms with Crippen molar-refractivity contribution in [3.05, 3.63) is 11.3 Å². The summed E-state index contributed by atoms with van der Waals surface area (Å²) in [6, 6.07) is 0. The summed E-state index contributed by atoms with van der Waals surface area (Å²) in [6.07, 6.45) is 0.590. The van der Waals surface area contributed by atoms with Gasteiger partial charge in [-0.3, -0.25) is 9.59 Å². The highest BCUT2D eigenvalue weighted by Crippen LogP contribution is 2.35. The molecule has 1 aliphatic carbocycles. The van der Waals surface area contributed by atoms with Crippen LogP contribution in [0.2, 0.25) is 0 Å². The zero-order chi connectivity index (χ0) is 10.2. The van der Waals surface area contributed by atoms with Crippen molar-refractivity contribution in [1.29, 1.82) is 0 Å². The number of ketones is 1. The molecule has 0 aromatic carbocycles. The summed E-state index contributed by atoms with van der Waals surface area (Å²) in [6.45, 7) is 3.72. The molecule has 0 saturated heterocycles. The number of rotatable bonds is 1. The molecule has 4 heteroatoms. The van der Waals surface area contributed by atoms with Crippen LogP contribution in [0.25, 0.3) is 0 Å². The smallest absolute Gasteiger partial charge is 0.255 e. The quantitative estimate of drug-likeness (QED) is 0.586. The topological polar surface area (TPSA) is 80.4 Å². The standard InChI is InChI=1S/C9H13NO3/c1-9(2)3-5(11)7(8(10)13)6(12)4-9/h11H,3-4H2,1-2H3,(H2,10,13). The number of aliphatic hydroxyl groups excluding tert-OH is 1. The maximum atomic E-state index is 11.3. The Morgan fingerprint density at radius 1 is 1.46 bits per heavy atom. The van der Waals surface area contributed by atoms with Crippen LogP contribution < -0.4 is 5.73 Å². The van der Waals surface area contributed by atoms with Gasteiger partial charge in [-0.05, 0) is 5.41 Å². The molecule has 0 atom stereocenters. The van der Waals surface area contributed by atoms with Gasteiger partial charge in [-0.1, -0.05) is 13.8 Å². The molecule has 0 spiro atoms. The van der Waals surface area contributed by atoms with Crippen LogP contribution in [0.15, 0.2) is 11.3 Å². The first-order valence-corrected chi connectivity index (χ1v) is 4.08. The van der Waals surface area contributed by atoms with Crippen molar-refractivity contribution in [2.75, 3.05) is 0 Å². The molecule has 0 bridgehead atoms. The minimum Gasteiger partial charge on any atom is -0.511 e. The van der Waals surface area contributed by atoms with Crippen LogP contribution in [0.5, 0.6) is 0 Å². The molecular weight excluding hydrogens is 170 g/mol. The minimum absolute atomic E-state index is 0.172. The second-order valence-electron chi connectivity index (χ2n) is 4.13. The number of Topliss-reactive ketones (excluding diaryl/α,β-unsaturated/α-hetero) is 1. The Kier molecular flexibility index (Phi) is 2.15. The number of hydrogen-bond acceptors (Lipinski definition) is 3. The molecule has 1 aliphatic rings. The Labute approximate surface area is 76.4 Å². The van der Waals surface area contributed by atoms with E-state index >= 15 is 0 Å².